The van der Waals surface area contributed by atoms with Gasteiger partial charge in [-0.25, -0.2) is 0 Å². The van der Waals surface area contributed by atoms with Gasteiger partial charge in [-0.1, -0.05) is 19.1 Å². The number of nitrogens with zero attached hydrogens (tertiary/aromatic N) is 5. The number of halogens is 1. The predicted molar refractivity (Wildman–Crippen MR) is 86.0 cm³/mol. The summed E-state index contributed by atoms with van der Waals surface area (Å²) in [4.78, 5) is 0. The van der Waals surface area contributed by atoms with Gasteiger partial charge >= 0.3 is 0 Å². The molecule has 0 amide bonds. The fourth-order valence-corrected chi connectivity index (χ4v) is 2.39. The standard InChI is InChI=1S/C14H23BrN6/c1-10(2)7-16-8-13-9-20(19-17-13)5-6-21-12(4)14(15)11(3)18-21/h9-10,16H,5-8H2,1-4H3. The first-order valence-electron chi connectivity index (χ1n) is 7.26. The van der Waals surface area contributed by atoms with Crippen LogP contribution in [0.5, 0.6) is 0 Å². The molecule has 6 nitrogen and oxygen atoms in total. The maximum atomic E-state index is 4.50. The summed E-state index contributed by atoms with van der Waals surface area (Å²) in [5, 5.41) is 16.2. The summed E-state index contributed by atoms with van der Waals surface area (Å²) < 4.78 is 4.95. The lowest BCUT2D eigenvalue weighted by Gasteiger charge is -2.05. The van der Waals surface area contributed by atoms with Crippen LogP contribution in [0.1, 0.15) is 30.9 Å². The minimum Gasteiger partial charge on any atom is -0.311 e. The molecule has 0 aliphatic carbocycles. The topological polar surface area (TPSA) is 60.6 Å². The van der Waals surface area contributed by atoms with Gasteiger partial charge in [0, 0.05) is 18.4 Å². The van der Waals surface area contributed by atoms with Crippen molar-refractivity contribution in [3.63, 3.8) is 0 Å². The first kappa shape index (κ1) is 16.2. The molecular weight excluding hydrogens is 332 g/mol. The third kappa shape index (κ3) is 4.38. The van der Waals surface area contributed by atoms with Gasteiger partial charge in [0.05, 0.1) is 29.0 Å². The molecule has 2 heterocycles. The molecule has 0 aromatic carbocycles. The van der Waals surface area contributed by atoms with Crippen LogP contribution >= 0.6 is 15.9 Å². The van der Waals surface area contributed by atoms with Crippen molar-refractivity contribution in [2.45, 2.75) is 47.3 Å². The van der Waals surface area contributed by atoms with Gasteiger partial charge in [0.2, 0.25) is 0 Å². The van der Waals surface area contributed by atoms with Gasteiger partial charge in [-0.05, 0) is 42.2 Å². The van der Waals surface area contributed by atoms with Gasteiger partial charge in [0.25, 0.3) is 0 Å². The lowest BCUT2D eigenvalue weighted by molar-refractivity contribution is 0.481. The highest BCUT2D eigenvalue weighted by Gasteiger charge is 2.09. The van der Waals surface area contributed by atoms with Crippen LogP contribution in [0.25, 0.3) is 0 Å². The van der Waals surface area contributed by atoms with Crippen LogP contribution in [-0.2, 0) is 19.6 Å². The van der Waals surface area contributed by atoms with E-state index in [1.54, 1.807) is 0 Å². The molecule has 0 atom stereocenters. The lowest BCUT2D eigenvalue weighted by atomic mass is 10.2. The van der Waals surface area contributed by atoms with Crippen molar-refractivity contribution in [3.8, 4) is 0 Å². The van der Waals surface area contributed by atoms with Crippen LogP contribution in [0.2, 0.25) is 0 Å². The van der Waals surface area contributed by atoms with Gasteiger partial charge in [-0.15, -0.1) is 5.10 Å². The molecule has 0 unspecified atom stereocenters. The Labute approximate surface area is 134 Å². The predicted octanol–water partition coefficient (Wildman–Crippen LogP) is 2.30. The van der Waals surface area contributed by atoms with Crippen molar-refractivity contribution < 1.29 is 0 Å². The second kappa shape index (κ2) is 7.17. The molecule has 2 rings (SSSR count). The zero-order valence-corrected chi connectivity index (χ0v) is 14.7. The van der Waals surface area contributed by atoms with Crippen molar-refractivity contribution in [2.24, 2.45) is 5.92 Å². The number of aryl methyl sites for hydroxylation is 3. The normalized spacial score (nSPS) is 11.5. The molecule has 1 N–H and O–H groups in total. The van der Waals surface area contributed by atoms with Crippen LogP contribution < -0.4 is 5.32 Å². The molecule has 0 spiro atoms. The SMILES string of the molecule is Cc1nn(CCn2cc(CNCC(C)C)nn2)c(C)c1Br. The lowest BCUT2D eigenvalue weighted by Crippen LogP contribution is -2.19. The van der Waals surface area contributed by atoms with Crippen LogP contribution in [0.4, 0.5) is 0 Å². The first-order chi connectivity index (χ1) is 9.97. The molecule has 116 valence electrons. The second-order valence-electron chi connectivity index (χ2n) is 5.71. The van der Waals surface area contributed by atoms with E-state index in [2.05, 4.69) is 57.4 Å². The first-order valence-corrected chi connectivity index (χ1v) is 8.06. The highest BCUT2D eigenvalue weighted by atomic mass is 79.9. The van der Waals surface area contributed by atoms with Crippen molar-refractivity contribution in [1.82, 2.24) is 30.1 Å². The monoisotopic (exact) mass is 354 g/mol. The molecule has 2 aromatic heterocycles. The van der Waals surface area contributed by atoms with E-state index < -0.39 is 0 Å². The Bertz CT molecular complexity index is 586. The fraction of sp³-hybridized carbons (Fsp3) is 0.643. The van der Waals surface area contributed by atoms with Crippen LogP contribution in [-0.4, -0.2) is 31.3 Å². The summed E-state index contributed by atoms with van der Waals surface area (Å²) in [6.07, 6.45) is 1.99. The fourth-order valence-electron chi connectivity index (χ4n) is 2.11. The highest BCUT2D eigenvalue weighted by molar-refractivity contribution is 9.10. The second-order valence-corrected chi connectivity index (χ2v) is 6.50. The van der Waals surface area contributed by atoms with E-state index in [1.165, 1.54) is 0 Å². The van der Waals surface area contributed by atoms with Gasteiger partial charge in [-0.3, -0.25) is 9.36 Å². The third-order valence-electron chi connectivity index (χ3n) is 3.28. The van der Waals surface area contributed by atoms with E-state index in [0.29, 0.717) is 5.92 Å². The summed E-state index contributed by atoms with van der Waals surface area (Å²) in [6.45, 7) is 11.8. The molecule has 0 aliphatic rings. The Balaban J connectivity index is 1.86. The van der Waals surface area contributed by atoms with Gasteiger partial charge in [-0.2, -0.15) is 5.10 Å². The molecule has 21 heavy (non-hydrogen) atoms. The molecule has 0 bridgehead atoms. The molecule has 0 aliphatic heterocycles. The van der Waals surface area contributed by atoms with Gasteiger partial charge < -0.3 is 5.32 Å². The highest BCUT2D eigenvalue weighted by Crippen LogP contribution is 2.19. The molecule has 0 saturated heterocycles. The average Bonchev–Trinajstić information content (AvgIpc) is 2.97. The molecule has 0 fully saturated rings. The quantitative estimate of drug-likeness (QED) is 0.828. The van der Waals surface area contributed by atoms with E-state index in [4.69, 9.17) is 0 Å². The van der Waals surface area contributed by atoms with E-state index >= 15 is 0 Å². The Morgan fingerprint density at radius 1 is 1.29 bits per heavy atom. The summed E-state index contributed by atoms with van der Waals surface area (Å²) in [6, 6.07) is 0. The van der Waals surface area contributed by atoms with Crippen LogP contribution in [0, 0.1) is 19.8 Å². The van der Waals surface area contributed by atoms with E-state index in [0.717, 1.165) is 47.7 Å². The smallest absolute Gasteiger partial charge is 0.0964 e. The van der Waals surface area contributed by atoms with Crippen molar-refractivity contribution >= 4 is 15.9 Å². The summed E-state index contributed by atoms with van der Waals surface area (Å²) in [5.74, 6) is 0.643. The summed E-state index contributed by atoms with van der Waals surface area (Å²) in [7, 11) is 0. The van der Waals surface area contributed by atoms with E-state index in [-0.39, 0.29) is 0 Å². The molecule has 0 radical (unpaired) electrons. The Kier molecular flexibility index (Phi) is 5.52. The molecule has 7 heteroatoms. The largest absolute Gasteiger partial charge is 0.311 e. The number of hydrogen-bond acceptors (Lipinski definition) is 4. The zero-order valence-electron chi connectivity index (χ0n) is 13.1. The maximum absolute atomic E-state index is 4.50. The number of nitrogens with one attached hydrogen (secondary N) is 1. The van der Waals surface area contributed by atoms with Crippen LogP contribution in [0.3, 0.4) is 0 Å². The zero-order chi connectivity index (χ0) is 15.4. The average molecular weight is 355 g/mol. The van der Waals surface area contributed by atoms with Gasteiger partial charge in [0.15, 0.2) is 0 Å². The Hall–Kier alpha value is -1.21. The minimum absolute atomic E-state index is 0.643. The molecule has 2 aromatic rings. The maximum Gasteiger partial charge on any atom is 0.0964 e. The summed E-state index contributed by atoms with van der Waals surface area (Å²) >= 11 is 3.54. The van der Waals surface area contributed by atoms with Crippen molar-refractivity contribution in [3.05, 3.63) is 27.8 Å². The minimum atomic E-state index is 0.643. The van der Waals surface area contributed by atoms with Crippen LogP contribution in [0.15, 0.2) is 10.7 Å². The number of hydrogen-bond donors (Lipinski definition) is 1. The number of aromatic nitrogens is 5. The molecular formula is C14H23BrN6. The molecule has 0 saturated carbocycles. The van der Waals surface area contributed by atoms with Gasteiger partial charge in [0.1, 0.15) is 0 Å². The van der Waals surface area contributed by atoms with Crippen molar-refractivity contribution in [1.29, 1.82) is 0 Å². The van der Waals surface area contributed by atoms with E-state index in [9.17, 15) is 0 Å². The Morgan fingerprint density at radius 2 is 2.05 bits per heavy atom. The Morgan fingerprint density at radius 3 is 2.67 bits per heavy atom. The van der Waals surface area contributed by atoms with Crippen molar-refractivity contribution in [2.75, 3.05) is 6.54 Å². The van der Waals surface area contributed by atoms with E-state index in [1.807, 2.05) is 22.5 Å². The number of rotatable bonds is 7. The summed E-state index contributed by atoms with van der Waals surface area (Å²) in [5.41, 5.74) is 3.14. The third-order valence-corrected chi connectivity index (χ3v) is 4.43.